The minimum absolute atomic E-state index is 0. The fourth-order valence-corrected chi connectivity index (χ4v) is 28.9. The van der Waals surface area contributed by atoms with E-state index in [0.29, 0.717) is 0 Å². The molecule has 620 valence electrons. The number of hydrogen-bond acceptors (Lipinski definition) is 0. The fraction of sp³-hybridized carbons (Fsp3) is 0.0714. The van der Waals surface area contributed by atoms with Crippen LogP contribution in [0.5, 0.6) is 0 Å². The van der Waals surface area contributed by atoms with Gasteiger partial charge in [0.25, 0.3) is 0 Å². The molecule has 0 aliphatic carbocycles. The molecule has 124 heavy (non-hydrogen) atoms. The molecule has 0 fully saturated rings. The molecule has 0 radical (unpaired) electrons. The molecular formula is C112H92Au4N4P4+4. The maximum absolute atomic E-state index is 7.35. The average molecular weight is 2410 g/mol. The summed E-state index contributed by atoms with van der Waals surface area (Å²) in [6, 6.07) is 146. The van der Waals surface area contributed by atoms with E-state index in [1.807, 2.05) is 97.1 Å². The van der Waals surface area contributed by atoms with Gasteiger partial charge in [0, 0.05) is 88.5 Å². The van der Waals surface area contributed by atoms with Gasteiger partial charge in [-0.3, -0.25) is 23.7 Å². The molecule has 20 rings (SSSR count). The molecule has 12 heteroatoms. The number of para-hydroxylation sites is 4. The van der Waals surface area contributed by atoms with Gasteiger partial charge >= 0.3 is 89.5 Å². The van der Waals surface area contributed by atoms with Crippen molar-refractivity contribution in [3.63, 3.8) is 0 Å². The van der Waals surface area contributed by atoms with Gasteiger partial charge in [-0.15, -0.1) is 58.7 Å². The number of aromatic nitrogens is 4. The molecular weight excluding hydrogens is 2310 g/mol. The van der Waals surface area contributed by atoms with Gasteiger partial charge in [-0.1, -0.05) is 253 Å². The predicted octanol–water partition coefficient (Wildman–Crippen LogP) is 22.5. The van der Waals surface area contributed by atoms with E-state index in [1.165, 1.54) is 127 Å². The number of nitrogens with zero attached hydrogens (tertiary/aromatic N) is 4. The van der Waals surface area contributed by atoms with E-state index in [1.54, 1.807) is 0 Å². The molecule has 0 unspecified atom stereocenters. The third-order valence-corrected chi connectivity index (χ3v) is 34.7. The van der Waals surface area contributed by atoms with Crippen LogP contribution in [0.2, 0.25) is 0 Å². The predicted molar refractivity (Wildman–Crippen MR) is 528 cm³/mol. The first-order valence-electron chi connectivity index (χ1n) is 40.6. The quantitative estimate of drug-likeness (QED) is 0.0448. The Balaban J connectivity index is 0.000000147. The summed E-state index contributed by atoms with van der Waals surface area (Å²) in [5, 5.41) is 21.7. The molecule has 0 spiro atoms. The third kappa shape index (κ3) is 21.9. The van der Waals surface area contributed by atoms with Crippen LogP contribution in [-0.4, -0.2) is 42.9 Å². The van der Waals surface area contributed by atoms with Gasteiger partial charge in [-0.05, 0) is 150 Å². The van der Waals surface area contributed by atoms with Gasteiger partial charge in [0.1, 0.15) is 24.6 Å². The van der Waals surface area contributed by atoms with Crippen LogP contribution in [0.25, 0.3) is 87.2 Å². The van der Waals surface area contributed by atoms with Crippen molar-refractivity contribution in [3.05, 3.63) is 460 Å². The largest absolute Gasteiger partial charge is 1.00 e. The molecule has 4 heterocycles. The van der Waals surface area contributed by atoms with Crippen LogP contribution in [-0.2, 0) is 118 Å². The maximum atomic E-state index is 7.35. The van der Waals surface area contributed by atoms with Crippen molar-refractivity contribution >= 4 is 161 Å². The molecule has 0 aliphatic heterocycles. The van der Waals surface area contributed by atoms with E-state index in [2.05, 4.69) is 386 Å². The van der Waals surface area contributed by atoms with Gasteiger partial charge in [-0.25, -0.2) is 0 Å². The van der Waals surface area contributed by atoms with Crippen molar-refractivity contribution in [2.75, 3.05) is 24.6 Å². The third-order valence-electron chi connectivity index (χ3n) is 22.5. The molecule has 0 atom stereocenters. The zero-order chi connectivity index (χ0) is 82.5. The van der Waals surface area contributed by atoms with E-state index in [-0.39, 0.29) is 89.5 Å². The second-order valence-electron chi connectivity index (χ2n) is 29.5. The van der Waals surface area contributed by atoms with Crippen molar-refractivity contribution in [3.8, 4) is 23.7 Å². The van der Waals surface area contributed by atoms with Crippen molar-refractivity contribution in [2.45, 2.75) is 0 Å². The number of benzene rings is 16. The Morgan fingerprint density at radius 2 is 0.411 bits per heavy atom. The van der Waals surface area contributed by atoms with E-state index >= 15 is 0 Å². The summed E-state index contributed by atoms with van der Waals surface area (Å²) in [6.45, 7) is 0. The Kier molecular flexibility index (Phi) is 35.4. The van der Waals surface area contributed by atoms with Crippen molar-refractivity contribution in [1.29, 1.82) is 0 Å². The Bertz CT molecular complexity index is 6410. The molecule has 0 saturated carbocycles. The first-order valence-corrected chi connectivity index (χ1v) is 47.4. The molecule has 0 N–H and O–H groups in total. The van der Waals surface area contributed by atoms with Crippen molar-refractivity contribution < 1.29 is 89.5 Å². The van der Waals surface area contributed by atoms with Crippen LogP contribution in [0.15, 0.2) is 413 Å². The summed E-state index contributed by atoms with van der Waals surface area (Å²) < 4.78 is 8.65. The summed E-state index contributed by atoms with van der Waals surface area (Å²) in [5.41, 5.74) is 12.8. The number of rotatable bonds is 14. The van der Waals surface area contributed by atoms with Crippen LogP contribution in [0.3, 0.4) is 0 Å². The minimum Gasteiger partial charge on any atom is -0.366 e. The minimum atomic E-state index is -0.783. The number of hydrogen-bond donors (Lipinski definition) is 0. The standard InChI is InChI=1S/2C26H24P2.4C15H10N.4Au/c2*1-5-13-23(14-6-1)27(24-15-7-2-8-16-24)21-22-28(25-17-9-3-10-18-25)26-19-11-4-12-20-26;2*1-3-11-7-6-10-14-15(11)12-8-4-5-9-13(12)16(14)2;1-3-11-8-9-15-13(10-11)12-6-4-5-7-14(12)16(15)2;1-3-11-8-9-13-12-6-4-5-7-14(12)16(2)15(13)10-11;;;;/h2*1-20H,21-22H2;4*4-10H,2H3;;;;/q;;4*-1;4*+1/p+4. The topological polar surface area (TPSA) is 19.7 Å². The SMILES string of the molecule is [Au+].[Au+].[Au+].[Au+].[C-]#Cc1ccc2c(c1)c1ccccc1n2C.[C-]#Cc1ccc2c3ccccc3n(C)c2c1.[C-]#Cc1cccc2c1c1ccccc1n2C.[C-]#Cc1cccc2c1c1ccccc1n2C.c1ccc([PH+](CC[PH+](c2ccccc2)c2ccccc2)c2ccccc2)cc1.c1ccc([PH+](CC[PH+](c2ccccc2)c2ccccc2)c2ccccc2)cc1. The van der Waals surface area contributed by atoms with Crippen LogP contribution in [0.1, 0.15) is 22.3 Å². The van der Waals surface area contributed by atoms with E-state index in [9.17, 15) is 0 Å². The van der Waals surface area contributed by atoms with Crippen LogP contribution >= 0.6 is 31.7 Å². The maximum Gasteiger partial charge on any atom is 1.00 e. The van der Waals surface area contributed by atoms with Gasteiger partial charge in [0.15, 0.2) is 0 Å². The molecule has 16 aromatic carbocycles. The summed E-state index contributed by atoms with van der Waals surface area (Å²) in [5.74, 6) is 9.89. The number of aryl methyl sites for hydroxylation is 4. The van der Waals surface area contributed by atoms with Crippen LogP contribution < -0.4 is 42.4 Å². The van der Waals surface area contributed by atoms with Gasteiger partial charge < -0.3 is 44.0 Å². The van der Waals surface area contributed by atoms with Gasteiger partial charge in [0.05, 0.1) is 74.1 Å². The summed E-state index contributed by atoms with van der Waals surface area (Å²) in [6.07, 6.45) is 34.1. The summed E-state index contributed by atoms with van der Waals surface area (Å²) in [4.78, 5) is 0. The second-order valence-corrected chi connectivity index (χ2v) is 40.0. The molecule has 0 amide bonds. The normalized spacial score (nSPS) is 10.5. The van der Waals surface area contributed by atoms with Crippen LogP contribution in [0.4, 0.5) is 0 Å². The van der Waals surface area contributed by atoms with E-state index < -0.39 is 31.7 Å². The zero-order valence-electron chi connectivity index (χ0n) is 69.1. The number of fused-ring (bicyclic) bond motifs is 12. The summed E-state index contributed by atoms with van der Waals surface area (Å²) >= 11 is 0. The first kappa shape index (κ1) is 94.3. The molecule has 4 aromatic heterocycles. The van der Waals surface area contributed by atoms with Crippen molar-refractivity contribution in [2.24, 2.45) is 28.2 Å². The summed E-state index contributed by atoms with van der Waals surface area (Å²) in [7, 11) is 5.10. The molecule has 0 bridgehead atoms. The first-order chi connectivity index (χ1) is 59.1. The van der Waals surface area contributed by atoms with E-state index in [4.69, 9.17) is 25.7 Å². The molecule has 4 nitrogen and oxygen atoms in total. The van der Waals surface area contributed by atoms with Crippen molar-refractivity contribution in [1.82, 2.24) is 18.3 Å². The Hall–Kier alpha value is -10.4. The molecule has 20 aromatic rings. The van der Waals surface area contributed by atoms with E-state index in [0.717, 1.165) is 49.6 Å². The molecule has 0 aliphatic rings. The van der Waals surface area contributed by atoms with Gasteiger partial charge in [0.2, 0.25) is 0 Å². The Morgan fingerprint density at radius 1 is 0.194 bits per heavy atom. The monoisotopic (exact) mass is 2400 g/mol. The average Bonchev–Trinajstić information content (AvgIpc) is 1.63. The Morgan fingerprint density at radius 3 is 0.710 bits per heavy atom. The smallest absolute Gasteiger partial charge is 0.366 e. The van der Waals surface area contributed by atoms with Gasteiger partial charge in [-0.2, -0.15) is 0 Å². The zero-order valence-corrected chi connectivity index (χ0v) is 81.7. The Labute approximate surface area is 798 Å². The van der Waals surface area contributed by atoms with Crippen LogP contribution in [0, 0.1) is 49.4 Å². The fourth-order valence-electron chi connectivity index (χ4n) is 16.5. The molecule has 0 saturated heterocycles. The second kappa shape index (κ2) is 46.6.